The number of aliphatic carboxylic acids is 1. The largest absolute Gasteiger partial charge is 0.497 e. The number of likely N-dealkylation sites (tertiary alicyclic amines) is 1. The summed E-state index contributed by atoms with van der Waals surface area (Å²) in [5.74, 6) is 0.244. The number of methoxy groups -OCH3 is 1. The van der Waals surface area contributed by atoms with E-state index >= 15 is 0 Å². The topological polar surface area (TPSA) is 66.8 Å². The Morgan fingerprint density at radius 2 is 2.00 bits per heavy atom. The van der Waals surface area contributed by atoms with Crippen LogP contribution in [0.2, 0.25) is 0 Å². The maximum atomic E-state index is 12.4. The zero-order valence-corrected chi connectivity index (χ0v) is 13.8. The lowest BCUT2D eigenvalue weighted by molar-refractivity contribution is -0.153. The molecule has 1 aliphatic rings. The van der Waals surface area contributed by atoms with Gasteiger partial charge in [0.25, 0.3) is 0 Å². The van der Waals surface area contributed by atoms with Crippen LogP contribution in [0.3, 0.4) is 0 Å². The monoisotopic (exact) mass is 319 g/mol. The third kappa shape index (κ3) is 4.71. The maximum Gasteiger partial charge on any atom is 0.326 e. The van der Waals surface area contributed by atoms with E-state index in [-0.39, 0.29) is 5.91 Å². The van der Waals surface area contributed by atoms with Crippen molar-refractivity contribution in [3.05, 3.63) is 29.8 Å². The van der Waals surface area contributed by atoms with Crippen molar-refractivity contribution in [1.82, 2.24) is 4.90 Å². The summed E-state index contributed by atoms with van der Waals surface area (Å²) in [7, 11) is 1.63. The maximum absolute atomic E-state index is 12.4. The summed E-state index contributed by atoms with van der Waals surface area (Å²) in [6, 6.07) is 7.14. The molecule has 1 heterocycles. The van der Waals surface area contributed by atoms with Gasteiger partial charge in [-0.1, -0.05) is 19.1 Å². The first-order valence-corrected chi connectivity index (χ1v) is 8.16. The molecule has 2 rings (SSSR count). The van der Waals surface area contributed by atoms with Gasteiger partial charge in [0.05, 0.1) is 7.11 Å². The summed E-state index contributed by atoms with van der Waals surface area (Å²) in [6.07, 6.45) is 3.36. The first kappa shape index (κ1) is 17.3. The number of carboxylic acids is 1. The summed E-state index contributed by atoms with van der Waals surface area (Å²) < 4.78 is 5.12. The fourth-order valence-corrected chi connectivity index (χ4v) is 3.05. The average molecular weight is 319 g/mol. The second-order valence-corrected chi connectivity index (χ2v) is 6.27. The standard InChI is InChI=1S/C18H25NO4/c1-13-10-11-19(16(12-13)18(21)22)17(20)5-3-4-14-6-8-15(23-2)9-7-14/h6-9,13,16H,3-5,10-12H2,1-2H3,(H,21,22). The van der Waals surface area contributed by atoms with E-state index < -0.39 is 12.0 Å². The number of carbonyl (C=O) groups is 2. The molecule has 126 valence electrons. The fraction of sp³-hybridized carbons (Fsp3) is 0.556. The number of nitrogens with zero attached hydrogens (tertiary/aromatic N) is 1. The number of carbonyl (C=O) groups excluding carboxylic acids is 1. The Morgan fingerprint density at radius 3 is 2.61 bits per heavy atom. The predicted octanol–water partition coefficient (Wildman–Crippen LogP) is 2.73. The molecule has 1 fully saturated rings. The van der Waals surface area contributed by atoms with Crippen LogP contribution in [0.4, 0.5) is 0 Å². The van der Waals surface area contributed by atoms with Crippen LogP contribution in [0.25, 0.3) is 0 Å². The second-order valence-electron chi connectivity index (χ2n) is 6.27. The van der Waals surface area contributed by atoms with E-state index in [1.165, 1.54) is 0 Å². The molecule has 0 aliphatic carbocycles. The molecule has 1 amide bonds. The van der Waals surface area contributed by atoms with Gasteiger partial charge in [-0.05, 0) is 49.3 Å². The Kier molecular flexibility index (Phi) is 6.02. The highest BCUT2D eigenvalue weighted by Gasteiger charge is 2.34. The minimum atomic E-state index is -0.889. The quantitative estimate of drug-likeness (QED) is 0.875. The molecule has 5 heteroatoms. The van der Waals surface area contributed by atoms with E-state index in [1.54, 1.807) is 12.0 Å². The van der Waals surface area contributed by atoms with Crippen molar-refractivity contribution in [1.29, 1.82) is 0 Å². The van der Waals surface area contributed by atoms with E-state index in [4.69, 9.17) is 4.74 Å². The van der Waals surface area contributed by atoms with Gasteiger partial charge in [-0.15, -0.1) is 0 Å². The van der Waals surface area contributed by atoms with Gasteiger partial charge >= 0.3 is 5.97 Å². The molecule has 0 spiro atoms. The van der Waals surface area contributed by atoms with E-state index in [1.807, 2.05) is 31.2 Å². The van der Waals surface area contributed by atoms with Gasteiger partial charge in [0.15, 0.2) is 0 Å². The van der Waals surface area contributed by atoms with Gasteiger partial charge in [-0.25, -0.2) is 4.79 Å². The average Bonchev–Trinajstić information content (AvgIpc) is 2.55. The van der Waals surface area contributed by atoms with Crippen LogP contribution in [0, 0.1) is 5.92 Å². The molecule has 0 radical (unpaired) electrons. The van der Waals surface area contributed by atoms with Crippen molar-refractivity contribution in [2.45, 2.75) is 45.1 Å². The first-order chi connectivity index (χ1) is 11.0. The van der Waals surface area contributed by atoms with E-state index in [0.29, 0.717) is 25.3 Å². The van der Waals surface area contributed by atoms with Gasteiger partial charge in [0.1, 0.15) is 11.8 Å². The number of piperidine rings is 1. The van der Waals surface area contributed by atoms with E-state index in [2.05, 4.69) is 0 Å². The van der Waals surface area contributed by atoms with Gasteiger partial charge < -0.3 is 14.7 Å². The summed E-state index contributed by atoms with van der Waals surface area (Å²) in [6.45, 7) is 2.60. The van der Waals surface area contributed by atoms with Gasteiger partial charge in [0.2, 0.25) is 5.91 Å². The van der Waals surface area contributed by atoms with Gasteiger partial charge in [-0.3, -0.25) is 4.79 Å². The first-order valence-electron chi connectivity index (χ1n) is 8.16. The van der Waals surface area contributed by atoms with Crippen LogP contribution in [-0.4, -0.2) is 41.6 Å². The van der Waals surface area contributed by atoms with Crippen LogP contribution in [0.15, 0.2) is 24.3 Å². The number of benzene rings is 1. The molecule has 2 atom stereocenters. The van der Waals surface area contributed by atoms with Crippen molar-refractivity contribution in [3.63, 3.8) is 0 Å². The molecule has 2 unspecified atom stereocenters. The van der Waals surface area contributed by atoms with Crippen molar-refractivity contribution >= 4 is 11.9 Å². The summed E-state index contributed by atoms with van der Waals surface area (Å²) in [4.78, 5) is 25.3. The minimum absolute atomic E-state index is 0.0437. The number of amides is 1. The number of hydrogen-bond acceptors (Lipinski definition) is 3. The lowest BCUT2D eigenvalue weighted by Gasteiger charge is -2.36. The van der Waals surface area contributed by atoms with E-state index in [0.717, 1.165) is 30.6 Å². The molecule has 1 N–H and O–H groups in total. The molecular formula is C18H25NO4. The van der Waals surface area contributed by atoms with E-state index in [9.17, 15) is 14.7 Å². The molecule has 1 aliphatic heterocycles. The second kappa shape index (κ2) is 7.99. The lowest BCUT2D eigenvalue weighted by atomic mass is 9.92. The zero-order valence-electron chi connectivity index (χ0n) is 13.8. The summed E-state index contributed by atoms with van der Waals surface area (Å²) in [5.41, 5.74) is 1.15. The summed E-state index contributed by atoms with van der Waals surface area (Å²) >= 11 is 0. The number of carboxylic acid groups (broad SMARTS) is 1. The Labute approximate surface area is 137 Å². The zero-order chi connectivity index (χ0) is 16.8. The number of ether oxygens (including phenoxy) is 1. The Balaban J connectivity index is 1.84. The third-order valence-electron chi connectivity index (χ3n) is 4.49. The van der Waals surface area contributed by atoms with Gasteiger partial charge in [-0.2, -0.15) is 0 Å². The molecule has 5 nitrogen and oxygen atoms in total. The summed E-state index contributed by atoms with van der Waals surface area (Å²) in [5, 5.41) is 9.32. The SMILES string of the molecule is COc1ccc(CCCC(=O)N2CCC(C)CC2C(=O)O)cc1. The highest BCUT2D eigenvalue weighted by Crippen LogP contribution is 2.24. The Morgan fingerprint density at radius 1 is 1.30 bits per heavy atom. The number of rotatable bonds is 6. The van der Waals surface area contributed by atoms with Crippen molar-refractivity contribution in [2.24, 2.45) is 5.92 Å². The normalized spacial score (nSPS) is 21.0. The van der Waals surface area contributed by atoms with Crippen molar-refractivity contribution in [2.75, 3.05) is 13.7 Å². The lowest BCUT2D eigenvalue weighted by Crippen LogP contribution is -2.49. The van der Waals surface area contributed by atoms with Crippen LogP contribution < -0.4 is 4.74 Å². The smallest absolute Gasteiger partial charge is 0.326 e. The van der Waals surface area contributed by atoms with Crippen LogP contribution in [0.1, 0.15) is 38.2 Å². The third-order valence-corrected chi connectivity index (χ3v) is 4.49. The molecular weight excluding hydrogens is 294 g/mol. The molecule has 1 aromatic rings. The molecule has 1 aromatic carbocycles. The Hall–Kier alpha value is -2.04. The Bertz CT molecular complexity index is 540. The van der Waals surface area contributed by atoms with Gasteiger partial charge in [0, 0.05) is 13.0 Å². The van der Waals surface area contributed by atoms with Crippen LogP contribution in [0.5, 0.6) is 5.75 Å². The molecule has 23 heavy (non-hydrogen) atoms. The van der Waals surface area contributed by atoms with Crippen LogP contribution >= 0.6 is 0 Å². The highest BCUT2D eigenvalue weighted by molar-refractivity contribution is 5.83. The minimum Gasteiger partial charge on any atom is -0.497 e. The molecule has 0 bridgehead atoms. The predicted molar refractivity (Wildman–Crippen MR) is 87.5 cm³/mol. The molecule has 1 saturated heterocycles. The fourth-order valence-electron chi connectivity index (χ4n) is 3.05. The number of hydrogen-bond donors (Lipinski definition) is 1. The van der Waals surface area contributed by atoms with Crippen molar-refractivity contribution in [3.8, 4) is 5.75 Å². The highest BCUT2D eigenvalue weighted by atomic mass is 16.5. The molecule has 0 saturated carbocycles. The van der Waals surface area contributed by atoms with Crippen LogP contribution in [-0.2, 0) is 16.0 Å². The number of aryl methyl sites for hydroxylation is 1. The molecule has 0 aromatic heterocycles. The van der Waals surface area contributed by atoms with Crippen molar-refractivity contribution < 1.29 is 19.4 Å².